The zero-order valence-corrected chi connectivity index (χ0v) is 19.2. The number of oxazole rings is 2. The second-order valence-corrected chi connectivity index (χ2v) is 8.02. The lowest BCUT2D eigenvalue weighted by molar-refractivity contribution is 0.394. The fraction of sp³-hybridized carbons (Fsp3) is 0.308. The molecule has 6 nitrogen and oxygen atoms in total. The molecule has 2 aromatic carbocycles. The van der Waals surface area contributed by atoms with Crippen molar-refractivity contribution < 1.29 is 8.83 Å². The van der Waals surface area contributed by atoms with Crippen LogP contribution in [0.1, 0.15) is 51.9 Å². The molecule has 0 fully saturated rings. The van der Waals surface area contributed by atoms with E-state index in [9.17, 15) is 0 Å². The predicted molar refractivity (Wildman–Crippen MR) is 128 cm³/mol. The second kappa shape index (κ2) is 10.9. The van der Waals surface area contributed by atoms with E-state index in [1.165, 1.54) is 6.42 Å². The molecule has 2 heterocycles. The Balaban J connectivity index is 0.000000913. The molecule has 1 unspecified atom stereocenters. The van der Waals surface area contributed by atoms with Gasteiger partial charge < -0.3 is 20.3 Å². The molecule has 6 heteroatoms. The third-order valence-electron chi connectivity index (χ3n) is 4.93. The average molecular weight is 433 g/mol. The minimum absolute atomic E-state index is 0.202. The first-order chi connectivity index (χ1) is 15.5. The summed E-state index contributed by atoms with van der Waals surface area (Å²) in [5, 5.41) is 0. The Morgan fingerprint density at radius 3 is 1.62 bits per heavy atom. The van der Waals surface area contributed by atoms with Crippen LogP contribution in [0.4, 0.5) is 0 Å². The van der Waals surface area contributed by atoms with Gasteiger partial charge in [-0.1, -0.05) is 82.6 Å². The first-order valence-corrected chi connectivity index (χ1v) is 11.0. The van der Waals surface area contributed by atoms with Crippen molar-refractivity contribution in [1.82, 2.24) is 9.97 Å². The lowest BCUT2D eigenvalue weighted by Gasteiger charge is -2.10. The predicted octanol–water partition coefficient (Wildman–Crippen LogP) is 6.19. The molecule has 0 aliphatic heterocycles. The molecule has 4 aromatic rings. The Kier molecular flexibility index (Phi) is 7.98. The van der Waals surface area contributed by atoms with Crippen LogP contribution >= 0.6 is 0 Å². The number of hydrogen-bond acceptors (Lipinski definition) is 6. The number of hydrogen-bond donors (Lipinski definition) is 2. The Morgan fingerprint density at radius 2 is 1.19 bits per heavy atom. The Labute approximate surface area is 189 Å². The molecule has 0 saturated heterocycles. The molecule has 4 N–H and O–H groups in total. The van der Waals surface area contributed by atoms with Crippen molar-refractivity contribution in [2.75, 3.05) is 0 Å². The number of nitrogens with two attached hydrogens (primary N) is 2. The molecule has 1 atom stereocenters. The summed E-state index contributed by atoms with van der Waals surface area (Å²) in [5.74, 6) is 2.81. The van der Waals surface area contributed by atoms with Gasteiger partial charge >= 0.3 is 0 Å². The highest BCUT2D eigenvalue weighted by atomic mass is 16.4. The van der Waals surface area contributed by atoms with Gasteiger partial charge in [-0.05, 0) is 17.0 Å². The first-order valence-electron chi connectivity index (χ1n) is 11.0. The number of benzene rings is 2. The Hall–Kier alpha value is -3.22. The zero-order chi connectivity index (χ0) is 23.1. The van der Waals surface area contributed by atoms with E-state index in [1.807, 2.05) is 38.1 Å². The topological polar surface area (TPSA) is 104 Å². The molecule has 4 rings (SSSR count). The smallest absolute Gasteiger partial charge is 0.212 e. The van der Waals surface area contributed by atoms with Crippen LogP contribution in [0.15, 0.2) is 69.8 Å². The number of rotatable bonds is 6. The summed E-state index contributed by atoms with van der Waals surface area (Å²) in [6.45, 7) is 8.64. The van der Waals surface area contributed by atoms with Gasteiger partial charge in [0.25, 0.3) is 0 Å². The standard InChI is InChI=1S/C23H24N4O2.C3H8/c1-14(2)22(25)23-27-13-20(29-23)18-9-5-16(6-10-18)15-3-7-17(8-4-15)19-12-26-21(11-24)28-19;1-3-2/h3-10,12-14,22H,11,24-25H2,1-2H3;3H2,1-2H3. The third-order valence-corrected chi connectivity index (χ3v) is 4.93. The third kappa shape index (κ3) is 5.52. The van der Waals surface area contributed by atoms with Gasteiger partial charge in [-0.2, -0.15) is 0 Å². The van der Waals surface area contributed by atoms with E-state index in [4.69, 9.17) is 20.3 Å². The van der Waals surface area contributed by atoms with Gasteiger partial charge in [0.05, 0.1) is 25.0 Å². The van der Waals surface area contributed by atoms with Crippen molar-refractivity contribution in [1.29, 1.82) is 0 Å². The van der Waals surface area contributed by atoms with Crippen molar-refractivity contribution in [3.05, 3.63) is 72.7 Å². The van der Waals surface area contributed by atoms with Crippen LogP contribution in [-0.2, 0) is 6.54 Å². The lowest BCUT2D eigenvalue weighted by Crippen LogP contribution is -2.16. The molecule has 168 valence electrons. The normalized spacial score (nSPS) is 11.8. The fourth-order valence-electron chi connectivity index (χ4n) is 3.05. The van der Waals surface area contributed by atoms with Crippen molar-refractivity contribution >= 4 is 0 Å². The maximum Gasteiger partial charge on any atom is 0.212 e. The monoisotopic (exact) mass is 432 g/mol. The maximum absolute atomic E-state index is 6.12. The summed E-state index contributed by atoms with van der Waals surface area (Å²) in [6.07, 6.45) is 4.68. The maximum atomic E-state index is 6.12. The van der Waals surface area contributed by atoms with E-state index >= 15 is 0 Å². The molecule has 0 saturated carbocycles. The van der Waals surface area contributed by atoms with Gasteiger partial charge in [0.1, 0.15) is 0 Å². The summed E-state index contributed by atoms with van der Waals surface area (Å²) in [7, 11) is 0. The quantitative estimate of drug-likeness (QED) is 0.376. The largest absolute Gasteiger partial charge is 0.439 e. The lowest BCUT2D eigenvalue weighted by atomic mass is 10.0. The van der Waals surface area contributed by atoms with Crippen molar-refractivity contribution in [3.8, 4) is 33.8 Å². The summed E-state index contributed by atoms with van der Waals surface area (Å²) < 4.78 is 11.5. The minimum Gasteiger partial charge on any atom is -0.439 e. The van der Waals surface area contributed by atoms with Crippen molar-refractivity contribution in [3.63, 3.8) is 0 Å². The van der Waals surface area contributed by atoms with E-state index < -0.39 is 0 Å². The molecule has 2 aromatic heterocycles. The van der Waals surface area contributed by atoms with Gasteiger partial charge in [-0.15, -0.1) is 0 Å². The van der Waals surface area contributed by atoms with Gasteiger partial charge in [0.15, 0.2) is 11.5 Å². The molecule has 0 aliphatic rings. The molecular weight excluding hydrogens is 400 g/mol. The van der Waals surface area contributed by atoms with Crippen LogP contribution in [0.3, 0.4) is 0 Å². The zero-order valence-electron chi connectivity index (χ0n) is 19.2. The summed E-state index contributed by atoms with van der Waals surface area (Å²) in [6, 6.07) is 16.1. The van der Waals surface area contributed by atoms with Crippen LogP contribution in [-0.4, -0.2) is 9.97 Å². The van der Waals surface area contributed by atoms with Crippen LogP contribution in [0.2, 0.25) is 0 Å². The molecule has 32 heavy (non-hydrogen) atoms. The molecule has 0 bridgehead atoms. The van der Waals surface area contributed by atoms with Gasteiger partial charge in [-0.3, -0.25) is 0 Å². The molecule has 0 radical (unpaired) electrons. The Bertz CT molecular complexity index is 1100. The van der Waals surface area contributed by atoms with E-state index in [2.05, 4.69) is 48.1 Å². The summed E-state index contributed by atoms with van der Waals surface area (Å²) in [5.41, 5.74) is 15.8. The number of nitrogens with zero attached hydrogens (tertiary/aromatic N) is 2. The average Bonchev–Trinajstić information content (AvgIpc) is 3.49. The van der Waals surface area contributed by atoms with Gasteiger partial charge in [-0.25, -0.2) is 9.97 Å². The van der Waals surface area contributed by atoms with Crippen LogP contribution in [0.5, 0.6) is 0 Å². The highest BCUT2D eigenvalue weighted by Gasteiger charge is 2.17. The fourth-order valence-corrected chi connectivity index (χ4v) is 3.05. The first kappa shape index (κ1) is 23.4. The number of aromatic nitrogens is 2. The van der Waals surface area contributed by atoms with E-state index in [0.717, 1.165) is 28.0 Å². The highest BCUT2D eigenvalue weighted by Crippen LogP contribution is 2.29. The summed E-state index contributed by atoms with van der Waals surface area (Å²) in [4.78, 5) is 8.47. The SMILES string of the molecule is CC(C)C(N)c1ncc(-c2ccc(-c3ccc(-c4cnc(CN)o4)cc3)cc2)o1.CCC. The van der Waals surface area contributed by atoms with E-state index in [1.54, 1.807) is 12.4 Å². The minimum atomic E-state index is -0.202. The molecule has 0 spiro atoms. The van der Waals surface area contributed by atoms with Crippen LogP contribution in [0.25, 0.3) is 33.8 Å². The highest BCUT2D eigenvalue weighted by molar-refractivity contribution is 5.70. The molecule has 0 amide bonds. The Morgan fingerprint density at radius 1 is 0.750 bits per heavy atom. The second-order valence-electron chi connectivity index (χ2n) is 8.02. The van der Waals surface area contributed by atoms with Crippen LogP contribution < -0.4 is 11.5 Å². The van der Waals surface area contributed by atoms with E-state index in [-0.39, 0.29) is 12.0 Å². The van der Waals surface area contributed by atoms with Crippen molar-refractivity contribution in [2.24, 2.45) is 17.4 Å². The van der Waals surface area contributed by atoms with Crippen molar-refractivity contribution in [2.45, 2.75) is 46.7 Å². The van der Waals surface area contributed by atoms with Crippen LogP contribution in [0, 0.1) is 5.92 Å². The molecular formula is C26H32N4O2. The van der Waals surface area contributed by atoms with Gasteiger partial charge in [0.2, 0.25) is 11.8 Å². The van der Waals surface area contributed by atoms with E-state index in [0.29, 0.717) is 24.1 Å². The summed E-state index contributed by atoms with van der Waals surface area (Å²) >= 11 is 0. The molecule has 0 aliphatic carbocycles. The van der Waals surface area contributed by atoms with Gasteiger partial charge in [0, 0.05) is 11.1 Å².